The lowest BCUT2D eigenvalue weighted by Crippen LogP contribution is -2.12. The number of nitrogens with zero attached hydrogens (tertiary/aromatic N) is 2. The predicted octanol–water partition coefficient (Wildman–Crippen LogP) is 4.03. The Morgan fingerprint density at radius 2 is 1.86 bits per heavy atom. The molecule has 7 heteroatoms. The molecular formula is C15H10Cl2N4O. The van der Waals surface area contributed by atoms with E-state index in [4.69, 9.17) is 23.2 Å². The normalized spacial score (nSPS) is 10.5. The summed E-state index contributed by atoms with van der Waals surface area (Å²) in [5.74, 6) is 0.0214. The van der Waals surface area contributed by atoms with Crippen molar-refractivity contribution in [1.82, 2.24) is 15.2 Å². The summed E-state index contributed by atoms with van der Waals surface area (Å²) in [5, 5.41) is 10.4. The summed E-state index contributed by atoms with van der Waals surface area (Å²) < 4.78 is 0. The first-order chi connectivity index (χ1) is 10.6. The predicted molar refractivity (Wildman–Crippen MR) is 86.2 cm³/mol. The molecule has 0 radical (unpaired) electrons. The Bertz CT molecular complexity index is 817. The van der Waals surface area contributed by atoms with E-state index in [2.05, 4.69) is 20.5 Å². The summed E-state index contributed by atoms with van der Waals surface area (Å²) in [4.78, 5) is 16.2. The van der Waals surface area contributed by atoms with Crippen LogP contribution in [0.3, 0.4) is 0 Å². The number of pyridine rings is 1. The number of hydrogen-bond acceptors (Lipinski definition) is 3. The minimum atomic E-state index is -0.375. The molecule has 0 saturated carbocycles. The lowest BCUT2D eigenvalue weighted by molar-refractivity contribution is 0.102. The first-order valence-electron chi connectivity index (χ1n) is 6.36. The molecule has 2 aromatic heterocycles. The second-order valence-corrected chi connectivity index (χ2v) is 5.32. The number of anilines is 1. The second kappa shape index (κ2) is 6.17. The van der Waals surface area contributed by atoms with Crippen molar-refractivity contribution in [2.24, 2.45) is 0 Å². The maximum atomic E-state index is 12.2. The molecular weight excluding hydrogens is 323 g/mol. The van der Waals surface area contributed by atoms with Crippen LogP contribution in [0.4, 0.5) is 5.82 Å². The number of carbonyl (C=O) groups excluding carboxylic acids is 1. The minimum absolute atomic E-state index is 0.294. The Hall–Kier alpha value is -2.37. The maximum absolute atomic E-state index is 12.2. The second-order valence-electron chi connectivity index (χ2n) is 4.48. The van der Waals surface area contributed by atoms with E-state index in [1.807, 2.05) is 12.1 Å². The van der Waals surface area contributed by atoms with Crippen LogP contribution in [0, 0.1) is 0 Å². The average molecular weight is 333 g/mol. The molecule has 0 saturated heterocycles. The zero-order valence-electron chi connectivity index (χ0n) is 11.2. The molecule has 0 bridgehead atoms. The first-order valence-corrected chi connectivity index (χ1v) is 7.11. The van der Waals surface area contributed by atoms with Crippen LogP contribution >= 0.6 is 23.2 Å². The van der Waals surface area contributed by atoms with Gasteiger partial charge in [-0.3, -0.25) is 14.9 Å². The van der Waals surface area contributed by atoms with E-state index in [1.54, 1.807) is 30.6 Å². The standard InChI is InChI=1S/C15H10Cl2N4O/c16-10-1-2-12(17)11(7-10)15(22)19-14-8-13(20-21-14)9-3-5-18-6-4-9/h1-8H,(H2,19,20,21,22). The molecule has 110 valence electrons. The fraction of sp³-hybridized carbons (Fsp3) is 0. The summed E-state index contributed by atoms with van der Waals surface area (Å²) in [6.45, 7) is 0. The fourth-order valence-corrected chi connectivity index (χ4v) is 2.30. The van der Waals surface area contributed by atoms with E-state index in [0.29, 0.717) is 21.4 Å². The summed E-state index contributed by atoms with van der Waals surface area (Å²) in [6.07, 6.45) is 3.36. The number of hydrogen-bond donors (Lipinski definition) is 2. The highest BCUT2D eigenvalue weighted by molar-refractivity contribution is 6.36. The molecule has 0 aliphatic rings. The number of nitrogens with one attached hydrogen (secondary N) is 2. The van der Waals surface area contributed by atoms with Gasteiger partial charge in [0.25, 0.3) is 5.91 Å². The zero-order chi connectivity index (χ0) is 15.5. The highest BCUT2D eigenvalue weighted by Crippen LogP contribution is 2.23. The van der Waals surface area contributed by atoms with Crippen molar-refractivity contribution in [3.8, 4) is 11.3 Å². The number of aromatic amines is 1. The van der Waals surface area contributed by atoms with Gasteiger partial charge in [-0.1, -0.05) is 23.2 Å². The summed E-state index contributed by atoms with van der Waals surface area (Å²) in [5.41, 5.74) is 1.99. The van der Waals surface area contributed by atoms with Gasteiger partial charge in [-0.05, 0) is 30.3 Å². The van der Waals surface area contributed by atoms with Gasteiger partial charge in [-0.2, -0.15) is 5.10 Å². The van der Waals surface area contributed by atoms with Gasteiger partial charge in [0.05, 0.1) is 16.3 Å². The van der Waals surface area contributed by atoms with E-state index in [9.17, 15) is 4.79 Å². The smallest absolute Gasteiger partial charge is 0.258 e. The zero-order valence-corrected chi connectivity index (χ0v) is 12.7. The Kier molecular flexibility index (Phi) is 4.09. The van der Waals surface area contributed by atoms with Crippen molar-refractivity contribution >= 4 is 34.9 Å². The van der Waals surface area contributed by atoms with Crippen molar-refractivity contribution in [1.29, 1.82) is 0 Å². The summed E-state index contributed by atoms with van der Waals surface area (Å²) in [7, 11) is 0. The number of aromatic nitrogens is 3. The molecule has 0 atom stereocenters. The van der Waals surface area contributed by atoms with E-state index < -0.39 is 0 Å². The molecule has 22 heavy (non-hydrogen) atoms. The van der Waals surface area contributed by atoms with E-state index in [1.165, 1.54) is 6.07 Å². The number of amides is 1. The van der Waals surface area contributed by atoms with Crippen LogP contribution in [0.5, 0.6) is 0 Å². The van der Waals surface area contributed by atoms with E-state index >= 15 is 0 Å². The molecule has 0 aliphatic heterocycles. The largest absolute Gasteiger partial charge is 0.305 e. The highest BCUT2D eigenvalue weighted by atomic mass is 35.5. The van der Waals surface area contributed by atoms with Crippen LogP contribution in [-0.2, 0) is 0 Å². The van der Waals surface area contributed by atoms with Gasteiger partial charge in [-0.25, -0.2) is 0 Å². The highest BCUT2D eigenvalue weighted by Gasteiger charge is 2.13. The Labute approximate surface area is 136 Å². The minimum Gasteiger partial charge on any atom is -0.305 e. The van der Waals surface area contributed by atoms with Crippen molar-refractivity contribution in [3.63, 3.8) is 0 Å². The molecule has 2 N–H and O–H groups in total. The van der Waals surface area contributed by atoms with Crippen LogP contribution in [0.1, 0.15) is 10.4 Å². The molecule has 0 unspecified atom stereocenters. The topological polar surface area (TPSA) is 70.7 Å². The SMILES string of the molecule is O=C(Nc1cc(-c2ccncc2)[nH]n1)c1cc(Cl)ccc1Cl. The van der Waals surface area contributed by atoms with E-state index in [-0.39, 0.29) is 5.91 Å². The molecule has 3 rings (SSSR count). The summed E-state index contributed by atoms with van der Waals surface area (Å²) >= 11 is 11.9. The first kappa shape index (κ1) is 14.6. The van der Waals surface area contributed by atoms with Crippen molar-refractivity contribution in [2.75, 3.05) is 5.32 Å². The lowest BCUT2D eigenvalue weighted by Gasteiger charge is -2.04. The van der Waals surface area contributed by atoms with Crippen LogP contribution in [-0.4, -0.2) is 21.1 Å². The third-order valence-corrected chi connectivity index (χ3v) is 3.55. The Morgan fingerprint density at radius 3 is 2.64 bits per heavy atom. The monoisotopic (exact) mass is 332 g/mol. The van der Waals surface area contributed by atoms with Gasteiger partial charge in [0.1, 0.15) is 0 Å². The molecule has 0 aliphatic carbocycles. The van der Waals surface area contributed by atoms with Crippen molar-refractivity contribution in [2.45, 2.75) is 0 Å². The van der Waals surface area contributed by atoms with Crippen molar-refractivity contribution < 1.29 is 4.79 Å². The van der Waals surface area contributed by atoms with Crippen LogP contribution in [0.25, 0.3) is 11.3 Å². The number of halogens is 2. The lowest BCUT2D eigenvalue weighted by atomic mass is 10.2. The Balaban J connectivity index is 1.81. The molecule has 5 nitrogen and oxygen atoms in total. The van der Waals surface area contributed by atoms with Crippen LogP contribution < -0.4 is 5.32 Å². The van der Waals surface area contributed by atoms with Crippen molar-refractivity contribution in [3.05, 3.63) is 64.4 Å². The van der Waals surface area contributed by atoms with Gasteiger partial charge in [0, 0.05) is 29.0 Å². The third-order valence-electron chi connectivity index (χ3n) is 2.98. The Morgan fingerprint density at radius 1 is 1.09 bits per heavy atom. The third kappa shape index (κ3) is 3.10. The molecule has 1 aromatic carbocycles. The number of carbonyl (C=O) groups is 1. The van der Waals surface area contributed by atoms with Gasteiger partial charge in [-0.15, -0.1) is 0 Å². The van der Waals surface area contributed by atoms with Gasteiger partial charge >= 0.3 is 0 Å². The molecule has 0 fully saturated rings. The maximum Gasteiger partial charge on any atom is 0.258 e. The van der Waals surface area contributed by atoms with Gasteiger partial charge in [0.2, 0.25) is 0 Å². The summed E-state index contributed by atoms with van der Waals surface area (Å²) in [6, 6.07) is 10.1. The molecule has 2 heterocycles. The number of benzene rings is 1. The van der Waals surface area contributed by atoms with Gasteiger partial charge < -0.3 is 5.32 Å². The molecule has 3 aromatic rings. The number of rotatable bonds is 3. The van der Waals surface area contributed by atoms with Crippen LogP contribution in [0.2, 0.25) is 10.0 Å². The fourth-order valence-electron chi connectivity index (χ4n) is 1.92. The average Bonchev–Trinajstić information content (AvgIpc) is 2.99. The molecule has 1 amide bonds. The van der Waals surface area contributed by atoms with Gasteiger partial charge in [0.15, 0.2) is 5.82 Å². The molecule has 0 spiro atoms. The quantitative estimate of drug-likeness (QED) is 0.760. The number of H-pyrrole nitrogens is 1. The van der Waals surface area contributed by atoms with E-state index in [0.717, 1.165) is 11.3 Å². The van der Waals surface area contributed by atoms with Crippen LogP contribution in [0.15, 0.2) is 48.8 Å².